The van der Waals surface area contributed by atoms with Crippen molar-refractivity contribution in [1.82, 2.24) is 4.98 Å². The Morgan fingerprint density at radius 2 is 2.20 bits per heavy atom. The molecule has 0 saturated heterocycles. The molecule has 0 aromatic carbocycles. The molecule has 0 aliphatic carbocycles. The monoisotopic (exact) mass is 211 g/mol. The molecule has 80 valence electrons. The first-order chi connectivity index (χ1) is 7.06. The molecule has 1 aromatic heterocycles. The van der Waals surface area contributed by atoms with Gasteiger partial charge in [0.1, 0.15) is 17.7 Å². The summed E-state index contributed by atoms with van der Waals surface area (Å²) in [6.07, 6.45) is 0.803. The van der Waals surface area contributed by atoms with Gasteiger partial charge in [-0.25, -0.2) is 4.79 Å². The average molecular weight is 211 g/mol. The van der Waals surface area contributed by atoms with Crippen molar-refractivity contribution in [2.75, 3.05) is 0 Å². The number of rotatable bonds is 4. The Kier molecular flexibility index (Phi) is 3.22. The van der Waals surface area contributed by atoms with Gasteiger partial charge in [-0.2, -0.15) is 0 Å². The number of aldehydes is 1. The van der Waals surface area contributed by atoms with E-state index in [0.29, 0.717) is 6.29 Å². The van der Waals surface area contributed by atoms with Crippen LogP contribution in [0.3, 0.4) is 0 Å². The van der Waals surface area contributed by atoms with E-state index < -0.39 is 17.3 Å². The van der Waals surface area contributed by atoms with Crippen LogP contribution in [0.4, 0.5) is 0 Å². The number of aromatic carboxylic acids is 1. The van der Waals surface area contributed by atoms with E-state index in [-0.39, 0.29) is 24.1 Å². The summed E-state index contributed by atoms with van der Waals surface area (Å²) in [5, 5.41) is 17.9. The van der Waals surface area contributed by atoms with Gasteiger partial charge < -0.3 is 20.0 Å². The number of carbonyl (C=O) groups excluding carboxylic acids is 1. The molecular weight excluding hydrogens is 202 g/mol. The molecule has 0 saturated carbocycles. The van der Waals surface area contributed by atoms with Crippen molar-refractivity contribution in [2.24, 2.45) is 0 Å². The fourth-order valence-electron chi connectivity index (χ4n) is 1.13. The minimum Gasteiger partial charge on any atom is -0.507 e. The highest BCUT2D eigenvalue weighted by atomic mass is 16.4. The van der Waals surface area contributed by atoms with E-state index in [4.69, 9.17) is 5.11 Å². The highest BCUT2D eigenvalue weighted by Gasteiger charge is 2.11. The number of nitrogens with one attached hydrogen (secondary N) is 1. The van der Waals surface area contributed by atoms with Gasteiger partial charge in [0.25, 0.3) is 5.56 Å². The number of carboxylic acids is 1. The van der Waals surface area contributed by atoms with E-state index in [0.717, 1.165) is 6.07 Å². The van der Waals surface area contributed by atoms with E-state index in [1.54, 1.807) is 0 Å². The van der Waals surface area contributed by atoms with Crippen molar-refractivity contribution < 1.29 is 19.8 Å². The molecule has 1 rings (SSSR count). The lowest BCUT2D eigenvalue weighted by Gasteiger charge is -2.02. The number of aromatic amines is 1. The van der Waals surface area contributed by atoms with Gasteiger partial charge in [0.15, 0.2) is 0 Å². The smallest absolute Gasteiger partial charge is 0.352 e. The van der Waals surface area contributed by atoms with Crippen LogP contribution < -0.4 is 5.56 Å². The van der Waals surface area contributed by atoms with Gasteiger partial charge in [0.05, 0.1) is 5.56 Å². The van der Waals surface area contributed by atoms with Crippen molar-refractivity contribution in [1.29, 1.82) is 0 Å². The largest absolute Gasteiger partial charge is 0.507 e. The Morgan fingerprint density at radius 1 is 1.53 bits per heavy atom. The summed E-state index contributed by atoms with van der Waals surface area (Å²) < 4.78 is 0. The third-order valence-electron chi connectivity index (χ3n) is 1.86. The van der Waals surface area contributed by atoms with Crippen LogP contribution in [0.5, 0.6) is 5.75 Å². The van der Waals surface area contributed by atoms with Gasteiger partial charge in [0.2, 0.25) is 0 Å². The lowest BCUT2D eigenvalue weighted by Crippen LogP contribution is -2.17. The van der Waals surface area contributed by atoms with E-state index in [2.05, 4.69) is 4.98 Å². The summed E-state index contributed by atoms with van der Waals surface area (Å²) in [7, 11) is 0. The van der Waals surface area contributed by atoms with Crippen LogP contribution in [-0.2, 0) is 11.2 Å². The predicted octanol–water partition coefficient (Wildman–Crippen LogP) is -0.0898. The minimum absolute atomic E-state index is 0.0205. The fraction of sp³-hybridized carbons (Fsp3) is 0.222. The molecule has 6 nitrogen and oxygen atoms in total. The quantitative estimate of drug-likeness (QED) is 0.603. The molecule has 0 bridgehead atoms. The topological polar surface area (TPSA) is 107 Å². The molecule has 0 fully saturated rings. The molecule has 0 atom stereocenters. The van der Waals surface area contributed by atoms with E-state index in [1.807, 2.05) is 0 Å². The second-order valence-electron chi connectivity index (χ2n) is 2.89. The lowest BCUT2D eigenvalue weighted by molar-refractivity contribution is -0.107. The van der Waals surface area contributed by atoms with Crippen LogP contribution >= 0.6 is 0 Å². The number of hydrogen-bond donors (Lipinski definition) is 3. The Morgan fingerprint density at radius 3 is 2.67 bits per heavy atom. The normalized spacial score (nSPS) is 9.87. The first kappa shape index (κ1) is 11.0. The number of aromatic hydroxyl groups is 1. The zero-order chi connectivity index (χ0) is 11.4. The lowest BCUT2D eigenvalue weighted by atomic mass is 10.1. The molecule has 0 amide bonds. The second-order valence-corrected chi connectivity index (χ2v) is 2.89. The molecule has 0 unspecified atom stereocenters. The zero-order valence-electron chi connectivity index (χ0n) is 7.69. The number of pyridine rings is 1. The third kappa shape index (κ3) is 2.43. The predicted molar refractivity (Wildman–Crippen MR) is 50.1 cm³/mol. The average Bonchev–Trinajstić information content (AvgIpc) is 2.16. The number of carbonyl (C=O) groups is 2. The maximum Gasteiger partial charge on any atom is 0.352 e. The molecule has 3 N–H and O–H groups in total. The number of carboxylic acid groups (broad SMARTS) is 1. The third-order valence-corrected chi connectivity index (χ3v) is 1.86. The molecule has 0 spiro atoms. The number of hydrogen-bond acceptors (Lipinski definition) is 4. The highest BCUT2D eigenvalue weighted by molar-refractivity contribution is 5.85. The van der Waals surface area contributed by atoms with Crippen molar-refractivity contribution >= 4 is 12.3 Å². The molecule has 0 aliphatic rings. The molecule has 1 heterocycles. The molecule has 0 aliphatic heterocycles. The highest BCUT2D eigenvalue weighted by Crippen LogP contribution is 2.14. The Balaban J connectivity index is 3.15. The van der Waals surface area contributed by atoms with Gasteiger partial charge in [-0.15, -0.1) is 0 Å². The molecule has 6 heteroatoms. The summed E-state index contributed by atoms with van der Waals surface area (Å²) in [4.78, 5) is 34.0. The molecule has 0 radical (unpaired) electrons. The SMILES string of the molecule is O=CCCc1c(O)cc(C(=O)O)[nH]c1=O. The van der Waals surface area contributed by atoms with Gasteiger partial charge >= 0.3 is 5.97 Å². The van der Waals surface area contributed by atoms with E-state index >= 15 is 0 Å². The van der Waals surface area contributed by atoms with Crippen molar-refractivity contribution in [3.05, 3.63) is 27.7 Å². The summed E-state index contributed by atoms with van der Waals surface area (Å²) in [5.74, 6) is -1.73. The van der Waals surface area contributed by atoms with E-state index in [9.17, 15) is 19.5 Å². The van der Waals surface area contributed by atoms with Crippen molar-refractivity contribution in [3.8, 4) is 5.75 Å². The number of aromatic nitrogens is 1. The van der Waals surface area contributed by atoms with Gasteiger partial charge in [-0.1, -0.05) is 0 Å². The summed E-state index contributed by atoms with van der Waals surface area (Å²) in [6.45, 7) is 0. The second kappa shape index (κ2) is 4.41. The fourth-order valence-corrected chi connectivity index (χ4v) is 1.13. The van der Waals surface area contributed by atoms with Gasteiger partial charge in [-0.3, -0.25) is 4.79 Å². The Bertz CT molecular complexity index is 448. The number of H-pyrrole nitrogens is 1. The minimum atomic E-state index is -1.33. The summed E-state index contributed by atoms with van der Waals surface area (Å²) in [5.41, 5.74) is -1.05. The summed E-state index contributed by atoms with van der Waals surface area (Å²) >= 11 is 0. The van der Waals surface area contributed by atoms with Gasteiger partial charge in [-0.05, 0) is 6.42 Å². The molecule has 15 heavy (non-hydrogen) atoms. The van der Waals surface area contributed by atoms with Crippen LogP contribution in [0, 0.1) is 0 Å². The first-order valence-electron chi connectivity index (χ1n) is 4.18. The van der Waals surface area contributed by atoms with Crippen molar-refractivity contribution in [3.63, 3.8) is 0 Å². The van der Waals surface area contributed by atoms with Crippen molar-refractivity contribution in [2.45, 2.75) is 12.8 Å². The Hall–Kier alpha value is -2.11. The first-order valence-corrected chi connectivity index (χ1v) is 4.18. The molecular formula is C9H9NO5. The van der Waals surface area contributed by atoms with Crippen LogP contribution in [-0.4, -0.2) is 27.5 Å². The summed E-state index contributed by atoms with van der Waals surface area (Å²) in [6, 6.07) is 0.948. The van der Waals surface area contributed by atoms with Crippen LogP contribution in [0.15, 0.2) is 10.9 Å². The molecule has 1 aromatic rings. The maximum atomic E-state index is 11.3. The zero-order valence-corrected chi connectivity index (χ0v) is 7.69. The van der Waals surface area contributed by atoms with Crippen LogP contribution in [0.25, 0.3) is 0 Å². The van der Waals surface area contributed by atoms with Gasteiger partial charge in [0, 0.05) is 12.5 Å². The van der Waals surface area contributed by atoms with Crippen LogP contribution in [0.2, 0.25) is 0 Å². The van der Waals surface area contributed by atoms with E-state index in [1.165, 1.54) is 0 Å². The standard InChI is InChI=1S/C9H9NO5/c11-3-1-2-5-7(12)4-6(9(14)15)10-8(5)13/h3-4H,1-2H2,(H,14,15)(H2,10,12,13). The Labute approximate surface area is 84.2 Å². The van der Waals surface area contributed by atoms with Crippen LogP contribution in [0.1, 0.15) is 22.5 Å². The maximum absolute atomic E-state index is 11.3.